The number of hydrogen-bond acceptors (Lipinski definition) is 3. The smallest absolute Gasteiger partial charge is 0.306 e. The minimum atomic E-state index is -4.55. The van der Waals surface area contributed by atoms with Gasteiger partial charge in [0.05, 0.1) is 17.0 Å². The number of benzene rings is 1. The molecule has 0 aliphatic heterocycles. The Balaban J connectivity index is 2.20. The maximum Gasteiger partial charge on any atom is 0.417 e. The van der Waals surface area contributed by atoms with Crippen LogP contribution in [0.1, 0.15) is 5.56 Å². The van der Waals surface area contributed by atoms with Crippen molar-refractivity contribution >= 4 is 0 Å². The highest BCUT2D eigenvalue weighted by Gasteiger charge is 2.34. The first-order valence-corrected chi connectivity index (χ1v) is 6.64. The SMILES string of the molecule is O=c1cc(-c2ccccn2)nc(-c2ccccc2C(F)(F)F)[nH]1. The molecule has 0 radical (unpaired) electrons. The molecule has 1 N–H and O–H groups in total. The van der Waals surface area contributed by atoms with Gasteiger partial charge in [0.25, 0.3) is 5.56 Å². The van der Waals surface area contributed by atoms with E-state index >= 15 is 0 Å². The monoisotopic (exact) mass is 317 g/mol. The summed E-state index contributed by atoms with van der Waals surface area (Å²) >= 11 is 0. The first-order valence-electron chi connectivity index (χ1n) is 6.64. The number of rotatable bonds is 2. The Kier molecular flexibility index (Phi) is 3.69. The van der Waals surface area contributed by atoms with Crippen LogP contribution in [0, 0.1) is 0 Å². The average Bonchev–Trinajstić information content (AvgIpc) is 2.54. The van der Waals surface area contributed by atoms with Crippen LogP contribution in [0.4, 0.5) is 13.2 Å². The highest BCUT2D eigenvalue weighted by molar-refractivity contribution is 5.64. The van der Waals surface area contributed by atoms with Gasteiger partial charge in [-0.15, -0.1) is 0 Å². The van der Waals surface area contributed by atoms with E-state index < -0.39 is 17.3 Å². The first-order chi connectivity index (χ1) is 10.9. The lowest BCUT2D eigenvalue weighted by molar-refractivity contribution is -0.137. The highest BCUT2D eigenvalue weighted by atomic mass is 19.4. The lowest BCUT2D eigenvalue weighted by Crippen LogP contribution is -2.12. The van der Waals surface area contributed by atoms with Crippen molar-refractivity contribution < 1.29 is 13.2 Å². The standard InChI is InChI=1S/C16H10F3N3O/c17-16(18,19)11-6-2-1-5-10(11)15-21-13(9-14(23)22-15)12-7-3-4-8-20-12/h1-9H,(H,21,22,23). The van der Waals surface area contributed by atoms with Gasteiger partial charge >= 0.3 is 6.18 Å². The molecule has 0 aliphatic rings. The molecule has 23 heavy (non-hydrogen) atoms. The first kappa shape index (κ1) is 15.0. The minimum absolute atomic E-state index is 0.147. The molecular weight excluding hydrogens is 307 g/mol. The molecule has 0 spiro atoms. The van der Waals surface area contributed by atoms with E-state index in [0.717, 1.165) is 6.07 Å². The van der Waals surface area contributed by atoms with Gasteiger partial charge in [0, 0.05) is 17.8 Å². The Morgan fingerprint density at radius 2 is 1.70 bits per heavy atom. The third-order valence-corrected chi connectivity index (χ3v) is 3.16. The summed E-state index contributed by atoms with van der Waals surface area (Å²) in [4.78, 5) is 22.4. The van der Waals surface area contributed by atoms with E-state index in [-0.39, 0.29) is 17.1 Å². The van der Waals surface area contributed by atoms with Gasteiger partial charge in [-0.05, 0) is 18.2 Å². The maximum absolute atomic E-state index is 13.1. The lowest BCUT2D eigenvalue weighted by Gasteiger charge is -2.12. The number of aromatic amines is 1. The third-order valence-electron chi connectivity index (χ3n) is 3.16. The quantitative estimate of drug-likeness (QED) is 0.787. The zero-order valence-electron chi connectivity index (χ0n) is 11.6. The molecule has 116 valence electrons. The van der Waals surface area contributed by atoms with Crippen LogP contribution < -0.4 is 5.56 Å². The molecule has 2 aromatic heterocycles. The number of hydrogen-bond donors (Lipinski definition) is 1. The molecule has 4 nitrogen and oxygen atoms in total. The van der Waals surface area contributed by atoms with E-state index in [9.17, 15) is 18.0 Å². The van der Waals surface area contributed by atoms with Crippen molar-refractivity contribution in [3.8, 4) is 22.8 Å². The van der Waals surface area contributed by atoms with Gasteiger partial charge in [0.2, 0.25) is 0 Å². The fourth-order valence-electron chi connectivity index (χ4n) is 2.17. The molecule has 0 atom stereocenters. The van der Waals surface area contributed by atoms with Gasteiger partial charge in [-0.1, -0.05) is 24.3 Å². The van der Waals surface area contributed by atoms with Crippen molar-refractivity contribution in [3.05, 3.63) is 70.6 Å². The Morgan fingerprint density at radius 1 is 0.957 bits per heavy atom. The van der Waals surface area contributed by atoms with Gasteiger partial charge in [0.1, 0.15) is 5.82 Å². The Bertz CT molecular complexity index is 889. The van der Waals surface area contributed by atoms with Gasteiger partial charge in [-0.2, -0.15) is 13.2 Å². The zero-order chi connectivity index (χ0) is 16.4. The summed E-state index contributed by atoms with van der Waals surface area (Å²) in [6.45, 7) is 0. The molecule has 0 saturated heterocycles. The number of alkyl halides is 3. The molecule has 1 aromatic carbocycles. The summed E-state index contributed by atoms with van der Waals surface area (Å²) in [5, 5.41) is 0. The van der Waals surface area contributed by atoms with Gasteiger partial charge in [-0.3, -0.25) is 9.78 Å². The van der Waals surface area contributed by atoms with E-state index in [1.807, 2.05) is 0 Å². The summed E-state index contributed by atoms with van der Waals surface area (Å²) in [5.74, 6) is -0.147. The van der Waals surface area contributed by atoms with Gasteiger partial charge < -0.3 is 4.98 Å². The van der Waals surface area contributed by atoms with Crippen LogP contribution in [-0.4, -0.2) is 15.0 Å². The summed E-state index contributed by atoms with van der Waals surface area (Å²) < 4.78 is 39.4. The minimum Gasteiger partial charge on any atom is -0.306 e. The summed E-state index contributed by atoms with van der Waals surface area (Å²) in [7, 11) is 0. The van der Waals surface area contributed by atoms with Crippen LogP contribution in [0.2, 0.25) is 0 Å². The molecule has 3 aromatic rings. The summed E-state index contributed by atoms with van der Waals surface area (Å²) in [6.07, 6.45) is -3.03. The molecule has 2 heterocycles. The third kappa shape index (κ3) is 3.13. The number of pyridine rings is 1. The van der Waals surface area contributed by atoms with Crippen molar-refractivity contribution in [2.24, 2.45) is 0 Å². The molecule has 0 saturated carbocycles. The number of nitrogens with zero attached hydrogens (tertiary/aromatic N) is 2. The Morgan fingerprint density at radius 3 is 2.39 bits per heavy atom. The predicted molar refractivity (Wildman–Crippen MR) is 78.5 cm³/mol. The second-order valence-electron chi connectivity index (χ2n) is 4.74. The van der Waals surface area contributed by atoms with E-state index in [1.165, 1.54) is 30.5 Å². The van der Waals surface area contributed by atoms with Crippen LogP contribution in [0.25, 0.3) is 22.8 Å². The molecule has 0 amide bonds. The Hall–Kier alpha value is -2.96. The number of H-pyrrole nitrogens is 1. The van der Waals surface area contributed by atoms with Crippen LogP contribution in [0.3, 0.4) is 0 Å². The largest absolute Gasteiger partial charge is 0.417 e. The number of aromatic nitrogens is 3. The normalized spacial score (nSPS) is 11.4. The topological polar surface area (TPSA) is 58.6 Å². The van der Waals surface area contributed by atoms with Crippen LogP contribution in [0.15, 0.2) is 59.5 Å². The maximum atomic E-state index is 13.1. The number of nitrogens with one attached hydrogen (secondary N) is 1. The fourth-order valence-corrected chi connectivity index (χ4v) is 2.17. The van der Waals surface area contributed by atoms with Crippen molar-refractivity contribution in [1.29, 1.82) is 0 Å². The van der Waals surface area contributed by atoms with Crippen LogP contribution >= 0.6 is 0 Å². The second-order valence-corrected chi connectivity index (χ2v) is 4.74. The van der Waals surface area contributed by atoms with E-state index in [0.29, 0.717) is 5.69 Å². The predicted octanol–water partition coefficient (Wildman–Crippen LogP) is 3.52. The van der Waals surface area contributed by atoms with Crippen molar-refractivity contribution in [3.63, 3.8) is 0 Å². The summed E-state index contributed by atoms with van der Waals surface area (Å²) in [5.41, 5.74) is -0.977. The van der Waals surface area contributed by atoms with Crippen molar-refractivity contribution in [1.82, 2.24) is 15.0 Å². The zero-order valence-corrected chi connectivity index (χ0v) is 11.6. The van der Waals surface area contributed by atoms with E-state index in [2.05, 4.69) is 15.0 Å². The van der Waals surface area contributed by atoms with Crippen LogP contribution in [0.5, 0.6) is 0 Å². The molecule has 0 aliphatic carbocycles. The molecule has 0 fully saturated rings. The van der Waals surface area contributed by atoms with E-state index in [1.54, 1.807) is 18.2 Å². The van der Waals surface area contributed by atoms with Crippen molar-refractivity contribution in [2.75, 3.05) is 0 Å². The number of halogens is 3. The lowest BCUT2D eigenvalue weighted by atomic mass is 10.1. The van der Waals surface area contributed by atoms with Gasteiger partial charge in [0.15, 0.2) is 0 Å². The fraction of sp³-hybridized carbons (Fsp3) is 0.0625. The van der Waals surface area contributed by atoms with Gasteiger partial charge in [-0.25, -0.2) is 4.98 Å². The second kappa shape index (κ2) is 5.68. The molecule has 7 heteroatoms. The molecular formula is C16H10F3N3O. The average molecular weight is 317 g/mol. The Labute approximate surface area is 128 Å². The molecule has 3 rings (SSSR count). The van der Waals surface area contributed by atoms with E-state index in [4.69, 9.17) is 0 Å². The highest BCUT2D eigenvalue weighted by Crippen LogP contribution is 2.35. The molecule has 0 bridgehead atoms. The summed E-state index contributed by atoms with van der Waals surface area (Å²) in [6, 6.07) is 11.2. The van der Waals surface area contributed by atoms with Crippen molar-refractivity contribution in [2.45, 2.75) is 6.18 Å². The molecule has 0 unspecified atom stereocenters. The van der Waals surface area contributed by atoms with Crippen LogP contribution in [-0.2, 0) is 6.18 Å².